The first-order chi connectivity index (χ1) is 6.02. The smallest absolute Gasteiger partial charge is 0.0317 e. The van der Waals surface area contributed by atoms with Crippen molar-refractivity contribution >= 4 is 0 Å². The number of nitrogens with zero attached hydrogens (tertiary/aromatic N) is 1. The Hall–Kier alpha value is -0.800. The van der Waals surface area contributed by atoms with Gasteiger partial charge in [-0.15, -0.1) is 0 Å². The third-order valence-corrected chi connectivity index (χ3v) is 2.56. The molecule has 3 heteroatoms. The van der Waals surface area contributed by atoms with E-state index in [2.05, 4.69) is 19.9 Å². The summed E-state index contributed by atoms with van der Waals surface area (Å²) in [6.07, 6.45) is 4.65. The van der Waals surface area contributed by atoms with Crippen molar-refractivity contribution in [2.24, 2.45) is 11.8 Å². The maximum Gasteiger partial charge on any atom is 0.0317 e. The van der Waals surface area contributed by atoms with Gasteiger partial charge in [-0.2, -0.15) is 0 Å². The minimum absolute atomic E-state index is 0.00574. The van der Waals surface area contributed by atoms with Crippen LogP contribution in [0.3, 0.4) is 0 Å². The lowest BCUT2D eigenvalue weighted by Gasteiger charge is -2.32. The lowest BCUT2D eigenvalue weighted by atomic mass is 9.86. The largest absolute Gasteiger partial charge is 0.734 e. The van der Waals surface area contributed by atoms with E-state index < -0.39 is 0 Å². The highest BCUT2D eigenvalue weighted by Crippen LogP contribution is 2.29. The van der Waals surface area contributed by atoms with Crippen LogP contribution >= 0.6 is 0 Å². The summed E-state index contributed by atoms with van der Waals surface area (Å²) in [5.41, 5.74) is 1.34. The van der Waals surface area contributed by atoms with Crippen molar-refractivity contribution in [1.82, 2.24) is 5.23 Å². The molecule has 1 aliphatic carbocycles. The Labute approximate surface area is 78.9 Å². The molecule has 0 amide bonds. The van der Waals surface area contributed by atoms with Gasteiger partial charge < -0.3 is 10.4 Å². The van der Waals surface area contributed by atoms with E-state index in [0.717, 1.165) is 5.57 Å². The van der Waals surface area contributed by atoms with Gasteiger partial charge in [-0.1, -0.05) is 26.0 Å². The number of allylic oxidation sites excluding steroid dienone is 4. The summed E-state index contributed by atoms with van der Waals surface area (Å²) in [6.45, 7) is 6.06. The van der Waals surface area contributed by atoms with Crippen LogP contribution in [-0.4, -0.2) is 10.4 Å². The van der Waals surface area contributed by atoms with E-state index in [4.69, 9.17) is 5.21 Å². The Morgan fingerprint density at radius 2 is 2.23 bits per heavy atom. The van der Waals surface area contributed by atoms with Crippen LogP contribution in [-0.2, 0) is 0 Å². The highest BCUT2D eigenvalue weighted by Gasteiger charge is 2.17. The fourth-order valence-corrected chi connectivity index (χ4v) is 1.50. The quantitative estimate of drug-likeness (QED) is 0.668. The van der Waals surface area contributed by atoms with Gasteiger partial charge in [0.1, 0.15) is 0 Å². The summed E-state index contributed by atoms with van der Waals surface area (Å²) >= 11 is 0. The van der Waals surface area contributed by atoms with Crippen LogP contribution in [0.15, 0.2) is 23.4 Å². The van der Waals surface area contributed by atoms with Crippen LogP contribution < -0.4 is 0 Å². The predicted molar refractivity (Wildman–Crippen MR) is 51.8 cm³/mol. The van der Waals surface area contributed by atoms with E-state index >= 15 is 0 Å². The predicted octanol–water partition coefficient (Wildman–Crippen LogP) is 2.68. The summed E-state index contributed by atoms with van der Waals surface area (Å²) in [4.78, 5) is 0. The Morgan fingerprint density at radius 3 is 2.69 bits per heavy atom. The number of hydroxylamine groups is 2. The number of hydrogen-bond acceptors (Lipinski definition) is 3. The third-order valence-electron chi connectivity index (χ3n) is 2.56. The summed E-state index contributed by atoms with van der Waals surface area (Å²) in [5.74, 6) is 0.863. The van der Waals surface area contributed by atoms with Gasteiger partial charge in [-0.25, -0.2) is 0 Å². The van der Waals surface area contributed by atoms with Gasteiger partial charge in [0.15, 0.2) is 0 Å². The van der Waals surface area contributed by atoms with Gasteiger partial charge in [0.2, 0.25) is 0 Å². The van der Waals surface area contributed by atoms with Crippen LogP contribution in [0.25, 0.3) is 0 Å². The lowest BCUT2D eigenvalue weighted by molar-refractivity contribution is -0.0107. The molecule has 1 atom stereocenters. The maximum atomic E-state index is 10.8. The van der Waals surface area contributed by atoms with E-state index in [1.807, 2.05) is 13.0 Å². The average Bonchev–Trinajstić information content (AvgIpc) is 2.04. The summed E-state index contributed by atoms with van der Waals surface area (Å²) < 4.78 is 0. The van der Waals surface area contributed by atoms with Gasteiger partial charge in [-0.05, 0) is 30.8 Å². The topological polar surface area (TPSA) is 46.5 Å². The van der Waals surface area contributed by atoms with Crippen LogP contribution in [0.2, 0.25) is 0 Å². The molecule has 0 aliphatic heterocycles. The Kier molecular flexibility index (Phi) is 3.12. The molecule has 0 aromatic heterocycles. The van der Waals surface area contributed by atoms with Crippen molar-refractivity contribution in [3.8, 4) is 0 Å². The van der Waals surface area contributed by atoms with Crippen molar-refractivity contribution in [1.29, 1.82) is 0 Å². The lowest BCUT2D eigenvalue weighted by Crippen LogP contribution is -2.19. The Bertz CT molecular complexity index is 241. The number of hydrogen-bond donors (Lipinski definition) is 1. The molecule has 0 saturated heterocycles. The second-order valence-electron chi connectivity index (χ2n) is 3.87. The van der Waals surface area contributed by atoms with E-state index in [0.29, 0.717) is 24.0 Å². The first-order valence-corrected chi connectivity index (χ1v) is 4.56. The van der Waals surface area contributed by atoms with Crippen molar-refractivity contribution < 1.29 is 5.21 Å². The fraction of sp³-hybridized carbons (Fsp3) is 0.600. The molecule has 13 heavy (non-hydrogen) atoms. The normalized spacial score (nSPS) is 22.8. The Balaban J connectivity index is 2.78. The highest BCUT2D eigenvalue weighted by molar-refractivity contribution is 5.28. The van der Waals surface area contributed by atoms with E-state index in [9.17, 15) is 5.21 Å². The van der Waals surface area contributed by atoms with Gasteiger partial charge >= 0.3 is 0 Å². The molecular weight excluding hydrogens is 166 g/mol. The summed E-state index contributed by atoms with van der Waals surface area (Å²) in [6, 6.07) is 0. The second-order valence-corrected chi connectivity index (χ2v) is 3.87. The first-order valence-electron chi connectivity index (χ1n) is 4.56. The molecule has 0 aromatic carbocycles. The highest BCUT2D eigenvalue weighted by atomic mass is 16.8. The molecule has 0 aromatic rings. The van der Waals surface area contributed by atoms with Crippen LogP contribution in [0.1, 0.15) is 27.2 Å². The van der Waals surface area contributed by atoms with Gasteiger partial charge in [-0.3, -0.25) is 5.21 Å². The molecule has 0 fully saturated rings. The molecule has 1 unspecified atom stereocenters. The molecule has 0 heterocycles. The van der Waals surface area contributed by atoms with Gasteiger partial charge in [0.25, 0.3) is 0 Å². The van der Waals surface area contributed by atoms with E-state index in [1.54, 1.807) is 0 Å². The molecule has 1 rings (SSSR count). The van der Waals surface area contributed by atoms with Crippen molar-refractivity contribution in [2.75, 3.05) is 0 Å². The zero-order chi connectivity index (χ0) is 10.0. The van der Waals surface area contributed by atoms with E-state index in [-0.39, 0.29) is 5.23 Å². The van der Waals surface area contributed by atoms with Crippen molar-refractivity contribution in [3.05, 3.63) is 28.6 Å². The maximum absolute atomic E-state index is 10.8. The molecule has 0 bridgehead atoms. The van der Waals surface area contributed by atoms with Gasteiger partial charge in [0, 0.05) is 5.70 Å². The fourth-order valence-electron chi connectivity index (χ4n) is 1.50. The molecule has 3 nitrogen and oxygen atoms in total. The molecule has 1 N–H and O–H groups in total. The summed E-state index contributed by atoms with van der Waals surface area (Å²) in [5, 5.41) is 19.6. The standard InChI is InChI=1S/C10H16NO2/c1-7(2)9-5-4-8(3)10(6-9)11(12)13/h4-5,7,9,12H,6H2,1-3H3/q-1. The Morgan fingerprint density at radius 1 is 1.62 bits per heavy atom. The molecule has 74 valence electrons. The van der Waals surface area contributed by atoms with Crippen molar-refractivity contribution in [3.63, 3.8) is 0 Å². The molecule has 0 spiro atoms. The van der Waals surface area contributed by atoms with Crippen LogP contribution in [0.5, 0.6) is 0 Å². The molecule has 1 aliphatic rings. The zero-order valence-corrected chi connectivity index (χ0v) is 8.32. The monoisotopic (exact) mass is 182 g/mol. The minimum Gasteiger partial charge on any atom is -0.734 e. The molecule has 0 radical (unpaired) electrons. The van der Waals surface area contributed by atoms with Crippen LogP contribution in [0, 0.1) is 17.0 Å². The average molecular weight is 182 g/mol. The zero-order valence-electron chi connectivity index (χ0n) is 8.32. The van der Waals surface area contributed by atoms with Crippen LogP contribution in [0.4, 0.5) is 0 Å². The number of rotatable bonds is 2. The van der Waals surface area contributed by atoms with Crippen molar-refractivity contribution in [2.45, 2.75) is 27.2 Å². The molecule has 0 saturated carbocycles. The van der Waals surface area contributed by atoms with Gasteiger partial charge in [0.05, 0.1) is 0 Å². The first kappa shape index (κ1) is 10.3. The second kappa shape index (κ2) is 3.94. The SMILES string of the molecule is CC1=C(N([O-])O)CC(C(C)C)C=C1. The third kappa shape index (κ3) is 2.32. The minimum atomic E-state index is -0.00574. The molecular formula is C10H16NO2-. The summed E-state index contributed by atoms with van der Waals surface area (Å²) in [7, 11) is 0. The van der Waals surface area contributed by atoms with E-state index in [1.165, 1.54) is 0 Å².